The molecule has 6 nitrogen and oxygen atoms in total. The quantitative estimate of drug-likeness (QED) is 0.834. The number of aryl methyl sites for hydroxylation is 2. The summed E-state index contributed by atoms with van der Waals surface area (Å²) in [6.07, 6.45) is 3.97. The topological polar surface area (TPSA) is 58.8 Å². The Labute approximate surface area is 137 Å². The number of carbonyl (C=O) groups is 1. The van der Waals surface area contributed by atoms with Crippen LogP contribution in [0.1, 0.15) is 47.5 Å². The molecule has 2 aliphatic rings. The molecule has 6 heteroatoms. The van der Waals surface area contributed by atoms with Gasteiger partial charge in [0.2, 0.25) is 0 Å². The van der Waals surface area contributed by atoms with Gasteiger partial charge in [0, 0.05) is 25.7 Å². The number of amides is 1. The molecular weight excluding hydrogens is 294 g/mol. The molecule has 0 N–H and O–H groups in total. The highest BCUT2D eigenvalue weighted by Gasteiger charge is 2.42. The highest BCUT2D eigenvalue weighted by atomic mass is 16.5. The molecule has 0 bridgehead atoms. The first-order chi connectivity index (χ1) is 10.9. The molecule has 1 atom stereocenters. The van der Waals surface area contributed by atoms with Crippen molar-refractivity contribution in [2.75, 3.05) is 33.8 Å². The molecule has 1 aromatic rings. The Bertz CT molecular complexity index is 554. The second kappa shape index (κ2) is 6.24. The van der Waals surface area contributed by atoms with Crippen LogP contribution in [0.3, 0.4) is 0 Å². The molecule has 2 saturated heterocycles. The van der Waals surface area contributed by atoms with Gasteiger partial charge in [0.05, 0.1) is 11.3 Å². The molecule has 23 heavy (non-hydrogen) atoms. The van der Waals surface area contributed by atoms with E-state index < -0.39 is 0 Å². The van der Waals surface area contributed by atoms with Crippen molar-refractivity contribution in [3.05, 3.63) is 17.0 Å². The van der Waals surface area contributed by atoms with E-state index in [1.807, 2.05) is 11.8 Å². The first-order valence-corrected chi connectivity index (χ1v) is 8.44. The van der Waals surface area contributed by atoms with Crippen molar-refractivity contribution in [3.63, 3.8) is 0 Å². The number of carbonyl (C=O) groups excluding carboxylic acids is 1. The maximum Gasteiger partial charge on any atom is 0.259 e. The van der Waals surface area contributed by atoms with Crippen molar-refractivity contribution in [1.82, 2.24) is 15.0 Å². The van der Waals surface area contributed by atoms with Crippen molar-refractivity contribution < 1.29 is 14.1 Å². The zero-order chi connectivity index (χ0) is 16.6. The Balaban J connectivity index is 1.65. The average molecular weight is 321 g/mol. The van der Waals surface area contributed by atoms with Gasteiger partial charge in [0.25, 0.3) is 5.91 Å². The van der Waals surface area contributed by atoms with Crippen LogP contribution < -0.4 is 0 Å². The average Bonchev–Trinajstić information content (AvgIpc) is 2.86. The first kappa shape index (κ1) is 16.5. The molecule has 0 unspecified atom stereocenters. The van der Waals surface area contributed by atoms with Gasteiger partial charge in [-0.3, -0.25) is 4.79 Å². The number of piperidine rings is 1. The molecule has 3 rings (SSSR count). The summed E-state index contributed by atoms with van der Waals surface area (Å²) >= 11 is 0. The van der Waals surface area contributed by atoms with Crippen molar-refractivity contribution >= 4 is 5.91 Å². The molecule has 2 fully saturated rings. The van der Waals surface area contributed by atoms with Crippen molar-refractivity contribution in [3.8, 4) is 0 Å². The maximum atomic E-state index is 12.7. The summed E-state index contributed by atoms with van der Waals surface area (Å²) in [5.41, 5.74) is 1.24. The third-order valence-corrected chi connectivity index (χ3v) is 5.41. The van der Waals surface area contributed by atoms with Gasteiger partial charge in [-0.25, -0.2) is 0 Å². The fourth-order valence-electron chi connectivity index (χ4n) is 3.85. The summed E-state index contributed by atoms with van der Waals surface area (Å²) in [7, 11) is 4.28. The molecule has 2 aliphatic heterocycles. The van der Waals surface area contributed by atoms with E-state index in [1.54, 1.807) is 6.92 Å². The number of ether oxygens (including phenoxy) is 1. The Morgan fingerprint density at radius 3 is 2.57 bits per heavy atom. The van der Waals surface area contributed by atoms with Crippen molar-refractivity contribution in [2.45, 2.75) is 51.2 Å². The lowest BCUT2D eigenvalue weighted by atomic mass is 9.82. The van der Waals surface area contributed by atoms with Crippen LogP contribution in [0.25, 0.3) is 0 Å². The van der Waals surface area contributed by atoms with Crippen LogP contribution in [-0.4, -0.2) is 66.3 Å². The van der Waals surface area contributed by atoms with Gasteiger partial charge in [-0.05, 0) is 53.6 Å². The third-order valence-electron chi connectivity index (χ3n) is 5.41. The van der Waals surface area contributed by atoms with Crippen LogP contribution in [0.5, 0.6) is 0 Å². The van der Waals surface area contributed by atoms with Crippen LogP contribution in [0, 0.1) is 13.8 Å². The molecule has 1 amide bonds. The minimum Gasteiger partial charge on any atom is -0.375 e. The zero-order valence-corrected chi connectivity index (χ0v) is 14.6. The lowest BCUT2D eigenvalue weighted by Gasteiger charge is -2.47. The number of rotatable bonds is 2. The van der Waals surface area contributed by atoms with E-state index in [4.69, 9.17) is 9.26 Å². The summed E-state index contributed by atoms with van der Waals surface area (Å²) in [5, 5.41) is 3.89. The second-order valence-corrected chi connectivity index (χ2v) is 7.13. The molecule has 0 aromatic carbocycles. The van der Waals surface area contributed by atoms with Gasteiger partial charge in [-0.2, -0.15) is 0 Å². The minimum absolute atomic E-state index is 0.0380. The lowest BCUT2D eigenvalue weighted by molar-refractivity contribution is -0.125. The van der Waals surface area contributed by atoms with E-state index in [1.165, 1.54) is 0 Å². The van der Waals surface area contributed by atoms with E-state index in [9.17, 15) is 4.79 Å². The monoisotopic (exact) mass is 321 g/mol. The van der Waals surface area contributed by atoms with Gasteiger partial charge < -0.3 is 19.1 Å². The second-order valence-electron chi connectivity index (χ2n) is 7.13. The van der Waals surface area contributed by atoms with Gasteiger partial charge in [0.1, 0.15) is 11.3 Å². The summed E-state index contributed by atoms with van der Waals surface area (Å²) in [6.45, 7) is 5.92. The van der Waals surface area contributed by atoms with Crippen LogP contribution in [0.2, 0.25) is 0 Å². The van der Waals surface area contributed by atoms with E-state index in [2.05, 4.69) is 24.2 Å². The van der Waals surface area contributed by atoms with Gasteiger partial charge in [-0.1, -0.05) is 5.16 Å². The lowest BCUT2D eigenvalue weighted by Crippen LogP contribution is -2.53. The fourth-order valence-corrected chi connectivity index (χ4v) is 3.85. The number of likely N-dealkylation sites (tertiary alicyclic amines) is 1. The number of hydrogen-bond donors (Lipinski definition) is 0. The van der Waals surface area contributed by atoms with Crippen molar-refractivity contribution in [2.24, 2.45) is 0 Å². The fraction of sp³-hybridized carbons (Fsp3) is 0.765. The van der Waals surface area contributed by atoms with Crippen LogP contribution in [-0.2, 0) is 4.74 Å². The SMILES string of the molecule is Cc1noc(C)c1C(=O)N1CCC2(CC1)C[C@H](N(C)C)CCO2. The zero-order valence-electron chi connectivity index (χ0n) is 14.6. The molecule has 3 heterocycles. The summed E-state index contributed by atoms with van der Waals surface area (Å²) in [5.74, 6) is 0.644. The van der Waals surface area contributed by atoms with Crippen LogP contribution >= 0.6 is 0 Å². The largest absolute Gasteiger partial charge is 0.375 e. The highest BCUT2D eigenvalue weighted by Crippen LogP contribution is 2.36. The summed E-state index contributed by atoms with van der Waals surface area (Å²) in [6, 6.07) is 0.577. The molecule has 1 aromatic heterocycles. The van der Waals surface area contributed by atoms with E-state index in [0.717, 1.165) is 45.4 Å². The van der Waals surface area contributed by atoms with Gasteiger partial charge in [-0.15, -0.1) is 0 Å². The summed E-state index contributed by atoms with van der Waals surface area (Å²) < 4.78 is 11.3. The van der Waals surface area contributed by atoms with E-state index in [0.29, 0.717) is 23.1 Å². The smallest absolute Gasteiger partial charge is 0.259 e. The van der Waals surface area contributed by atoms with Crippen molar-refractivity contribution in [1.29, 1.82) is 0 Å². The third kappa shape index (κ3) is 3.15. The van der Waals surface area contributed by atoms with Gasteiger partial charge >= 0.3 is 0 Å². The molecule has 0 radical (unpaired) electrons. The first-order valence-electron chi connectivity index (χ1n) is 8.44. The summed E-state index contributed by atoms with van der Waals surface area (Å²) in [4.78, 5) is 16.9. The Morgan fingerprint density at radius 1 is 1.30 bits per heavy atom. The van der Waals surface area contributed by atoms with Crippen LogP contribution in [0.15, 0.2) is 4.52 Å². The molecule has 0 saturated carbocycles. The van der Waals surface area contributed by atoms with Gasteiger partial charge in [0.15, 0.2) is 0 Å². The van der Waals surface area contributed by atoms with E-state index >= 15 is 0 Å². The molecular formula is C17H27N3O3. The number of nitrogens with zero attached hydrogens (tertiary/aromatic N) is 3. The number of hydrogen-bond acceptors (Lipinski definition) is 5. The maximum absolute atomic E-state index is 12.7. The number of aromatic nitrogens is 1. The van der Waals surface area contributed by atoms with Crippen LogP contribution in [0.4, 0.5) is 0 Å². The minimum atomic E-state index is -0.0529. The highest BCUT2D eigenvalue weighted by molar-refractivity contribution is 5.96. The molecule has 1 spiro atoms. The van der Waals surface area contributed by atoms with E-state index in [-0.39, 0.29) is 11.5 Å². The normalized spacial score (nSPS) is 24.4. The molecule has 0 aliphatic carbocycles. The predicted molar refractivity (Wildman–Crippen MR) is 86.5 cm³/mol. The Morgan fingerprint density at radius 2 is 2.00 bits per heavy atom. The Kier molecular flexibility index (Phi) is 4.47. The predicted octanol–water partition coefficient (Wildman–Crippen LogP) is 2.01. The standard InChI is InChI=1S/C17H27N3O3/c1-12-15(13(2)23-18-12)16(21)20-8-6-17(7-9-20)11-14(19(3)4)5-10-22-17/h14H,5-11H2,1-4H3/t14-/m1/s1. The molecule has 128 valence electrons. The Hall–Kier alpha value is -1.40.